The molecule has 0 aromatic carbocycles. The molecule has 1 aliphatic heterocycles. The highest BCUT2D eigenvalue weighted by Crippen LogP contribution is 2.33. The predicted octanol–water partition coefficient (Wildman–Crippen LogP) is 2.65. The van der Waals surface area contributed by atoms with E-state index < -0.39 is 0 Å². The van der Waals surface area contributed by atoms with Crippen molar-refractivity contribution >= 4 is 11.8 Å². The van der Waals surface area contributed by atoms with Crippen LogP contribution in [0, 0.1) is 17.8 Å². The van der Waals surface area contributed by atoms with Gasteiger partial charge in [-0.05, 0) is 31.1 Å². The minimum atomic E-state index is -0.0919. The molecule has 1 heterocycles. The lowest BCUT2D eigenvalue weighted by Crippen LogP contribution is -2.43. The Labute approximate surface area is 103 Å². The van der Waals surface area contributed by atoms with Crippen LogP contribution < -0.4 is 5.32 Å². The SMILES string of the molecule is CC1CCCC(C2CCC(=O)NC2=O)CCC1. The quantitative estimate of drug-likeness (QED) is 0.713. The molecule has 96 valence electrons. The molecule has 0 spiro atoms. The Hall–Kier alpha value is -0.860. The highest BCUT2D eigenvalue weighted by Gasteiger charge is 2.33. The van der Waals surface area contributed by atoms with Crippen molar-refractivity contribution in [2.24, 2.45) is 17.8 Å². The molecule has 2 rings (SSSR count). The van der Waals surface area contributed by atoms with E-state index in [0.717, 1.165) is 25.2 Å². The minimum Gasteiger partial charge on any atom is -0.296 e. The number of hydrogen-bond acceptors (Lipinski definition) is 2. The van der Waals surface area contributed by atoms with Gasteiger partial charge in [0, 0.05) is 12.3 Å². The Morgan fingerprint density at radius 1 is 1.00 bits per heavy atom. The van der Waals surface area contributed by atoms with Crippen molar-refractivity contribution in [2.75, 3.05) is 0 Å². The number of piperidine rings is 1. The second kappa shape index (κ2) is 5.65. The molecule has 1 unspecified atom stereocenters. The first kappa shape index (κ1) is 12.6. The van der Waals surface area contributed by atoms with E-state index >= 15 is 0 Å². The molecule has 1 atom stereocenters. The number of carbonyl (C=O) groups is 2. The van der Waals surface area contributed by atoms with E-state index in [-0.39, 0.29) is 17.7 Å². The fourth-order valence-corrected chi connectivity index (χ4v) is 3.31. The normalized spacial score (nSPS) is 35.9. The highest BCUT2D eigenvalue weighted by molar-refractivity contribution is 5.98. The van der Waals surface area contributed by atoms with Crippen LogP contribution in [0.25, 0.3) is 0 Å². The molecular weight excluding hydrogens is 214 g/mol. The summed E-state index contributed by atoms with van der Waals surface area (Å²) in [4.78, 5) is 23.0. The van der Waals surface area contributed by atoms with Gasteiger partial charge in [-0.3, -0.25) is 14.9 Å². The maximum Gasteiger partial charge on any atom is 0.229 e. The smallest absolute Gasteiger partial charge is 0.229 e. The van der Waals surface area contributed by atoms with Gasteiger partial charge in [0.2, 0.25) is 11.8 Å². The summed E-state index contributed by atoms with van der Waals surface area (Å²) >= 11 is 0. The summed E-state index contributed by atoms with van der Waals surface area (Å²) < 4.78 is 0. The van der Waals surface area contributed by atoms with Gasteiger partial charge in [-0.2, -0.15) is 0 Å². The van der Waals surface area contributed by atoms with Crippen LogP contribution in [0.4, 0.5) is 0 Å². The summed E-state index contributed by atoms with van der Waals surface area (Å²) in [7, 11) is 0. The molecule has 0 radical (unpaired) electrons. The molecule has 1 aliphatic carbocycles. The van der Waals surface area contributed by atoms with E-state index in [0.29, 0.717) is 12.3 Å². The van der Waals surface area contributed by atoms with E-state index in [9.17, 15) is 9.59 Å². The summed E-state index contributed by atoms with van der Waals surface area (Å²) in [5, 5.41) is 2.49. The first-order chi connectivity index (χ1) is 8.16. The lowest BCUT2D eigenvalue weighted by atomic mass is 9.76. The second-order valence-corrected chi connectivity index (χ2v) is 5.78. The van der Waals surface area contributed by atoms with Gasteiger partial charge in [-0.15, -0.1) is 0 Å². The van der Waals surface area contributed by atoms with Gasteiger partial charge in [-0.1, -0.05) is 32.6 Å². The van der Waals surface area contributed by atoms with E-state index in [1.54, 1.807) is 0 Å². The Morgan fingerprint density at radius 3 is 2.24 bits per heavy atom. The average Bonchev–Trinajstić information content (AvgIpc) is 2.24. The largest absolute Gasteiger partial charge is 0.296 e. The first-order valence-electron chi connectivity index (χ1n) is 7.00. The molecule has 0 bridgehead atoms. The van der Waals surface area contributed by atoms with Crippen LogP contribution in [0.2, 0.25) is 0 Å². The third-order valence-electron chi connectivity index (χ3n) is 4.39. The summed E-state index contributed by atoms with van der Waals surface area (Å²) in [5.74, 6) is 1.35. The topological polar surface area (TPSA) is 46.2 Å². The first-order valence-corrected chi connectivity index (χ1v) is 7.00. The maximum absolute atomic E-state index is 11.8. The number of nitrogens with one attached hydrogen (secondary N) is 1. The molecule has 17 heavy (non-hydrogen) atoms. The number of amides is 2. The van der Waals surface area contributed by atoms with E-state index in [4.69, 9.17) is 0 Å². The van der Waals surface area contributed by atoms with Crippen LogP contribution in [-0.2, 0) is 9.59 Å². The van der Waals surface area contributed by atoms with Crippen LogP contribution in [0.15, 0.2) is 0 Å². The van der Waals surface area contributed by atoms with Crippen molar-refractivity contribution in [3.63, 3.8) is 0 Å². The third kappa shape index (κ3) is 3.30. The highest BCUT2D eigenvalue weighted by atomic mass is 16.2. The van der Waals surface area contributed by atoms with Gasteiger partial charge >= 0.3 is 0 Å². The summed E-state index contributed by atoms with van der Waals surface area (Å²) in [6, 6.07) is 0. The van der Waals surface area contributed by atoms with E-state index in [1.165, 1.54) is 25.7 Å². The number of rotatable bonds is 1. The molecule has 0 aromatic rings. The summed E-state index contributed by atoms with van der Waals surface area (Å²) in [6.45, 7) is 2.33. The van der Waals surface area contributed by atoms with Crippen molar-refractivity contribution in [3.8, 4) is 0 Å². The van der Waals surface area contributed by atoms with Crippen molar-refractivity contribution in [1.29, 1.82) is 0 Å². The standard InChI is InChI=1S/C14H23NO2/c1-10-4-2-6-11(7-3-5-10)12-8-9-13(16)15-14(12)17/h10-12H,2-9H2,1H3,(H,15,16,17). The van der Waals surface area contributed by atoms with Crippen molar-refractivity contribution in [3.05, 3.63) is 0 Å². The fourth-order valence-electron chi connectivity index (χ4n) is 3.31. The van der Waals surface area contributed by atoms with Gasteiger partial charge in [-0.25, -0.2) is 0 Å². The Morgan fingerprint density at radius 2 is 1.65 bits per heavy atom. The monoisotopic (exact) mass is 237 g/mol. The van der Waals surface area contributed by atoms with Gasteiger partial charge in [0.15, 0.2) is 0 Å². The zero-order valence-electron chi connectivity index (χ0n) is 10.7. The van der Waals surface area contributed by atoms with Crippen molar-refractivity contribution < 1.29 is 9.59 Å². The second-order valence-electron chi connectivity index (χ2n) is 5.78. The predicted molar refractivity (Wildman–Crippen MR) is 66.2 cm³/mol. The minimum absolute atomic E-state index is 0.0140. The molecule has 1 saturated carbocycles. The van der Waals surface area contributed by atoms with Crippen LogP contribution >= 0.6 is 0 Å². The Kier molecular flexibility index (Phi) is 4.19. The number of carbonyl (C=O) groups excluding carboxylic acids is 2. The van der Waals surface area contributed by atoms with E-state index in [2.05, 4.69) is 12.2 Å². The molecule has 2 fully saturated rings. The zero-order chi connectivity index (χ0) is 12.3. The molecule has 1 saturated heterocycles. The average molecular weight is 237 g/mol. The fraction of sp³-hybridized carbons (Fsp3) is 0.857. The Balaban J connectivity index is 1.92. The molecule has 0 aromatic heterocycles. The van der Waals surface area contributed by atoms with Gasteiger partial charge < -0.3 is 0 Å². The van der Waals surface area contributed by atoms with Crippen LogP contribution in [0.5, 0.6) is 0 Å². The molecule has 2 aliphatic rings. The van der Waals surface area contributed by atoms with Gasteiger partial charge in [0.25, 0.3) is 0 Å². The summed E-state index contributed by atoms with van der Waals surface area (Å²) in [5.41, 5.74) is 0. The molecule has 1 N–H and O–H groups in total. The molecule has 3 nitrogen and oxygen atoms in total. The third-order valence-corrected chi connectivity index (χ3v) is 4.39. The molecular formula is C14H23NO2. The van der Waals surface area contributed by atoms with Gasteiger partial charge in [0.05, 0.1) is 0 Å². The number of imide groups is 1. The summed E-state index contributed by atoms with van der Waals surface area (Å²) in [6.07, 6.45) is 8.70. The maximum atomic E-state index is 11.8. The number of hydrogen-bond donors (Lipinski definition) is 1. The molecule has 2 amide bonds. The lowest BCUT2D eigenvalue weighted by molar-refractivity contribution is -0.138. The van der Waals surface area contributed by atoms with Crippen LogP contribution in [0.1, 0.15) is 58.3 Å². The molecule has 3 heteroatoms. The van der Waals surface area contributed by atoms with Crippen molar-refractivity contribution in [2.45, 2.75) is 58.3 Å². The van der Waals surface area contributed by atoms with Crippen LogP contribution in [0.3, 0.4) is 0 Å². The van der Waals surface area contributed by atoms with E-state index in [1.807, 2.05) is 0 Å². The Bertz CT molecular complexity index is 291. The van der Waals surface area contributed by atoms with Crippen LogP contribution in [-0.4, -0.2) is 11.8 Å². The van der Waals surface area contributed by atoms with Gasteiger partial charge in [0.1, 0.15) is 0 Å². The zero-order valence-corrected chi connectivity index (χ0v) is 10.7. The lowest BCUT2D eigenvalue weighted by Gasteiger charge is -2.31. The van der Waals surface area contributed by atoms with Crippen molar-refractivity contribution in [1.82, 2.24) is 5.32 Å².